The van der Waals surface area contributed by atoms with E-state index in [4.69, 9.17) is 5.73 Å². The van der Waals surface area contributed by atoms with Gasteiger partial charge in [-0.2, -0.15) is 0 Å². The molecule has 1 heteroatoms. The second kappa shape index (κ2) is 5.44. The molecule has 0 saturated heterocycles. The molecule has 0 aliphatic carbocycles. The van der Waals surface area contributed by atoms with Crippen LogP contribution in [0.25, 0.3) is 0 Å². The smallest absolute Gasteiger partial charge is 0.00721 e. The van der Waals surface area contributed by atoms with E-state index in [0.717, 1.165) is 19.4 Å². The molecule has 0 fully saturated rings. The first-order chi connectivity index (χ1) is 8.15. The standard InChI is InChI=1S/C17H29N/c1-13-7-8-15(16(2,3)4)11-14(13)12-17(5,6)9-10-18/h7-8,11H,9-10,12,18H2,1-6H3. The lowest BCUT2D eigenvalue weighted by Gasteiger charge is -2.27. The van der Waals surface area contributed by atoms with Crippen molar-refractivity contribution in [3.8, 4) is 0 Å². The Bertz CT molecular complexity index is 397. The lowest BCUT2D eigenvalue weighted by Crippen LogP contribution is -2.21. The van der Waals surface area contributed by atoms with Crippen LogP contribution in [-0.4, -0.2) is 6.54 Å². The van der Waals surface area contributed by atoms with Gasteiger partial charge in [0.25, 0.3) is 0 Å². The van der Waals surface area contributed by atoms with Crippen molar-refractivity contribution >= 4 is 0 Å². The van der Waals surface area contributed by atoms with Crippen LogP contribution in [0, 0.1) is 12.3 Å². The second-order valence-electron chi connectivity index (χ2n) is 7.27. The summed E-state index contributed by atoms with van der Waals surface area (Å²) >= 11 is 0. The predicted molar refractivity (Wildman–Crippen MR) is 81.0 cm³/mol. The summed E-state index contributed by atoms with van der Waals surface area (Å²) in [4.78, 5) is 0. The number of hydrogen-bond donors (Lipinski definition) is 1. The molecule has 1 aromatic carbocycles. The molecule has 0 aliphatic heterocycles. The Balaban J connectivity index is 3.02. The van der Waals surface area contributed by atoms with Crippen molar-refractivity contribution in [1.82, 2.24) is 0 Å². The lowest BCUT2D eigenvalue weighted by atomic mass is 9.79. The monoisotopic (exact) mass is 247 g/mol. The van der Waals surface area contributed by atoms with Crippen molar-refractivity contribution in [1.29, 1.82) is 0 Å². The summed E-state index contributed by atoms with van der Waals surface area (Å²) in [5.74, 6) is 0. The van der Waals surface area contributed by atoms with Gasteiger partial charge in [-0.15, -0.1) is 0 Å². The summed E-state index contributed by atoms with van der Waals surface area (Å²) in [6.45, 7) is 14.4. The van der Waals surface area contributed by atoms with Gasteiger partial charge in [0.15, 0.2) is 0 Å². The third-order valence-corrected chi connectivity index (χ3v) is 3.71. The van der Waals surface area contributed by atoms with E-state index in [1.54, 1.807) is 0 Å². The van der Waals surface area contributed by atoms with Crippen LogP contribution in [0.2, 0.25) is 0 Å². The Kier molecular flexibility index (Phi) is 4.61. The first-order valence-corrected chi connectivity index (χ1v) is 6.96. The molecule has 18 heavy (non-hydrogen) atoms. The molecule has 0 aromatic heterocycles. The van der Waals surface area contributed by atoms with Crippen LogP contribution >= 0.6 is 0 Å². The van der Waals surface area contributed by atoms with Crippen LogP contribution in [0.3, 0.4) is 0 Å². The van der Waals surface area contributed by atoms with E-state index in [9.17, 15) is 0 Å². The molecule has 102 valence electrons. The Labute approximate surface area is 113 Å². The molecule has 0 bridgehead atoms. The van der Waals surface area contributed by atoms with Crippen LogP contribution in [0.4, 0.5) is 0 Å². The van der Waals surface area contributed by atoms with Gasteiger partial charge in [0.1, 0.15) is 0 Å². The van der Waals surface area contributed by atoms with Gasteiger partial charge in [-0.05, 0) is 53.8 Å². The average Bonchev–Trinajstić information content (AvgIpc) is 2.19. The highest BCUT2D eigenvalue weighted by Gasteiger charge is 2.20. The summed E-state index contributed by atoms with van der Waals surface area (Å²) in [5, 5.41) is 0. The second-order valence-corrected chi connectivity index (χ2v) is 7.27. The summed E-state index contributed by atoms with van der Waals surface area (Å²) in [6.07, 6.45) is 2.19. The van der Waals surface area contributed by atoms with Crippen molar-refractivity contribution in [2.75, 3.05) is 6.54 Å². The molecule has 0 amide bonds. The van der Waals surface area contributed by atoms with Crippen LogP contribution in [-0.2, 0) is 11.8 Å². The molecule has 2 N–H and O–H groups in total. The highest BCUT2D eigenvalue weighted by atomic mass is 14.5. The van der Waals surface area contributed by atoms with Crippen LogP contribution in [0.5, 0.6) is 0 Å². The third-order valence-electron chi connectivity index (χ3n) is 3.71. The summed E-state index contributed by atoms with van der Waals surface area (Å²) < 4.78 is 0. The molecule has 1 nitrogen and oxygen atoms in total. The van der Waals surface area contributed by atoms with E-state index in [1.165, 1.54) is 16.7 Å². The topological polar surface area (TPSA) is 26.0 Å². The maximum Gasteiger partial charge on any atom is -0.00721 e. The first-order valence-electron chi connectivity index (χ1n) is 6.96. The van der Waals surface area contributed by atoms with Gasteiger partial charge in [-0.3, -0.25) is 0 Å². The normalized spacial score (nSPS) is 12.8. The van der Waals surface area contributed by atoms with E-state index in [2.05, 4.69) is 59.7 Å². The zero-order valence-corrected chi connectivity index (χ0v) is 12.9. The fourth-order valence-electron chi connectivity index (χ4n) is 2.32. The largest absolute Gasteiger partial charge is 0.330 e. The minimum absolute atomic E-state index is 0.223. The highest BCUT2D eigenvalue weighted by Crippen LogP contribution is 2.30. The van der Waals surface area contributed by atoms with E-state index < -0.39 is 0 Å². The van der Waals surface area contributed by atoms with Crippen molar-refractivity contribution in [2.45, 2.75) is 59.8 Å². The fourth-order valence-corrected chi connectivity index (χ4v) is 2.32. The Morgan fingerprint density at radius 2 is 1.67 bits per heavy atom. The SMILES string of the molecule is Cc1ccc(C(C)(C)C)cc1CC(C)(C)CCN. The van der Waals surface area contributed by atoms with Gasteiger partial charge in [0.05, 0.1) is 0 Å². The maximum atomic E-state index is 5.71. The van der Waals surface area contributed by atoms with Gasteiger partial charge in [0, 0.05) is 0 Å². The van der Waals surface area contributed by atoms with Gasteiger partial charge >= 0.3 is 0 Å². The summed E-state index contributed by atoms with van der Waals surface area (Å²) in [6, 6.07) is 6.90. The van der Waals surface area contributed by atoms with Crippen LogP contribution in [0.15, 0.2) is 18.2 Å². The molecule has 0 aliphatic rings. The Morgan fingerprint density at radius 3 is 2.17 bits per heavy atom. The average molecular weight is 247 g/mol. The van der Waals surface area contributed by atoms with Crippen molar-refractivity contribution in [3.63, 3.8) is 0 Å². The molecule has 0 spiro atoms. The quantitative estimate of drug-likeness (QED) is 0.847. The highest BCUT2D eigenvalue weighted by molar-refractivity contribution is 5.35. The molecule has 1 aromatic rings. The summed E-state index contributed by atoms with van der Waals surface area (Å²) in [5.41, 5.74) is 10.5. The van der Waals surface area contributed by atoms with Gasteiger partial charge in [-0.1, -0.05) is 52.8 Å². The van der Waals surface area contributed by atoms with E-state index in [0.29, 0.717) is 0 Å². The molecule has 0 heterocycles. The van der Waals surface area contributed by atoms with Gasteiger partial charge in [0.2, 0.25) is 0 Å². The first kappa shape index (κ1) is 15.2. The zero-order valence-electron chi connectivity index (χ0n) is 12.9. The fraction of sp³-hybridized carbons (Fsp3) is 0.647. The number of nitrogens with two attached hydrogens (primary N) is 1. The number of aryl methyl sites for hydroxylation is 1. The van der Waals surface area contributed by atoms with Crippen molar-refractivity contribution in [3.05, 3.63) is 34.9 Å². The number of rotatable bonds is 4. The maximum absolute atomic E-state index is 5.71. The molecule has 0 atom stereocenters. The molecule has 0 unspecified atom stereocenters. The van der Waals surface area contributed by atoms with E-state index in [-0.39, 0.29) is 10.8 Å². The Morgan fingerprint density at radius 1 is 1.06 bits per heavy atom. The van der Waals surface area contributed by atoms with E-state index >= 15 is 0 Å². The minimum Gasteiger partial charge on any atom is -0.330 e. The van der Waals surface area contributed by atoms with Crippen LogP contribution < -0.4 is 5.73 Å². The predicted octanol–water partition coefficient (Wildman–Crippen LogP) is 4.21. The number of benzene rings is 1. The van der Waals surface area contributed by atoms with Crippen LogP contribution in [0.1, 0.15) is 57.7 Å². The molecule has 0 radical (unpaired) electrons. The molecular formula is C17H29N. The van der Waals surface area contributed by atoms with Gasteiger partial charge < -0.3 is 5.73 Å². The summed E-state index contributed by atoms with van der Waals surface area (Å²) in [7, 11) is 0. The Hall–Kier alpha value is -0.820. The van der Waals surface area contributed by atoms with Crippen molar-refractivity contribution < 1.29 is 0 Å². The third kappa shape index (κ3) is 4.13. The van der Waals surface area contributed by atoms with E-state index in [1.807, 2.05) is 0 Å². The van der Waals surface area contributed by atoms with Crippen molar-refractivity contribution in [2.24, 2.45) is 11.1 Å². The molecule has 1 rings (SSSR count). The molecule has 0 saturated carbocycles. The minimum atomic E-state index is 0.223. The molecular weight excluding hydrogens is 218 g/mol. The van der Waals surface area contributed by atoms with Gasteiger partial charge in [-0.25, -0.2) is 0 Å². The lowest BCUT2D eigenvalue weighted by molar-refractivity contribution is 0.338. The number of hydrogen-bond acceptors (Lipinski definition) is 1. The zero-order chi connectivity index (χ0) is 14.0.